The van der Waals surface area contributed by atoms with Crippen LogP contribution >= 0.6 is 11.3 Å². The van der Waals surface area contributed by atoms with Crippen LogP contribution in [0.1, 0.15) is 21.8 Å². The number of anilines is 1. The van der Waals surface area contributed by atoms with Gasteiger partial charge >= 0.3 is 5.97 Å². The molecule has 0 saturated carbocycles. The number of sulfonamides is 1. The molecular formula is C10H17N3O4S2. The number of nitrogens with one attached hydrogen (secondary N) is 2. The summed E-state index contributed by atoms with van der Waals surface area (Å²) < 4.78 is 29.2. The maximum Gasteiger partial charge on any atom is 0.350 e. The van der Waals surface area contributed by atoms with E-state index >= 15 is 0 Å². The third-order valence-corrected chi connectivity index (χ3v) is 4.89. The highest BCUT2D eigenvalue weighted by Gasteiger charge is 2.15. The SMILES string of the molecule is CNS(=O)(=O)CCCNc1nc(C)c(C(=O)OC)s1. The molecule has 1 aromatic heterocycles. The number of nitrogens with zero attached hydrogens (tertiary/aromatic N) is 1. The lowest BCUT2D eigenvalue weighted by molar-refractivity contribution is 0.0605. The minimum absolute atomic E-state index is 0.0463. The Labute approximate surface area is 116 Å². The molecule has 0 saturated heterocycles. The third-order valence-electron chi connectivity index (χ3n) is 2.34. The van der Waals surface area contributed by atoms with Crippen LogP contribution in [0.3, 0.4) is 0 Å². The number of hydrogen-bond acceptors (Lipinski definition) is 7. The Morgan fingerprint density at radius 1 is 1.47 bits per heavy atom. The second kappa shape index (κ2) is 6.83. The molecule has 108 valence electrons. The molecule has 7 nitrogen and oxygen atoms in total. The standard InChI is InChI=1S/C10H17N3O4S2/c1-7-8(9(14)17-3)18-10(13-7)12-5-4-6-19(15,16)11-2/h11H,4-6H2,1-3H3,(H,12,13). The van der Waals surface area contributed by atoms with Crippen LogP contribution < -0.4 is 10.0 Å². The minimum atomic E-state index is -3.18. The zero-order valence-corrected chi connectivity index (χ0v) is 12.7. The van der Waals surface area contributed by atoms with Crippen molar-refractivity contribution in [3.05, 3.63) is 10.6 Å². The van der Waals surface area contributed by atoms with Gasteiger partial charge in [0.2, 0.25) is 10.0 Å². The van der Waals surface area contributed by atoms with Crippen molar-refractivity contribution < 1.29 is 17.9 Å². The van der Waals surface area contributed by atoms with Crippen LogP contribution in [0.15, 0.2) is 0 Å². The molecule has 0 amide bonds. The molecular weight excluding hydrogens is 290 g/mol. The number of thiazole rings is 1. The summed E-state index contributed by atoms with van der Waals surface area (Å²) in [5.74, 6) is -0.370. The van der Waals surface area contributed by atoms with Gasteiger partial charge in [-0.2, -0.15) is 0 Å². The first-order valence-electron chi connectivity index (χ1n) is 5.60. The van der Waals surface area contributed by atoms with Gasteiger partial charge in [-0.3, -0.25) is 0 Å². The zero-order chi connectivity index (χ0) is 14.5. The molecule has 0 bridgehead atoms. The average Bonchev–Trinajstić information content (AvgIpc) is 2.75. The van der Waals surface area contributed by atoms with Crippen molar-refractivity contribution in [2.24, 2.45) is 0 Å². The lowest BCUT2D eigenvalue weighted by Crippen LogP contribution is -2.23. The highest BCUT2D eigenvalue weighted by Crippen LogP contribution is 2.23. The van der Waals surface area contributed by atoms with E-state index in [-0.39, 0.29) is 5.75 Å². The van der Waals surface area contributed by atoms with E-state index in [9.17, 15) is 13.2 Å². The zero-order valence-electron chi connectivity index (χ0n) is 11.0. The first-order valence-corrected chi connectivity index (χ1v) is 8.07. The van der Waals surface area contributed by atoms with Gasteiger partial charge in [0, 0.05) is 6.54 Å². The molecule has 0 unspecified atom stereocenters. The van der Waals surface area contributed by atoms with Gasteiger partial charge in [0.15, 0.2) is 5.13 Å². The van der Waals surface area contributed by atoms with E-state index in [0.717, 1.165) is 0 Å². The predicted octanol–water partition coefficient (Wildman–Crippen LogP) is 0.589. The van der Waals surface area contributed by atoms with Crippen LogP contribution in [0.4, 0.5) is 5.13 Å². The summed E-state index contributed by atoms with van der Waals surface area (Å²) in [6, 6.07) is 0. The summed E-state index contributed by atoms with van der Waals surface area (Å²) in [6.07, 6.45) is 0.454. The van der Waals surface area contributed by atoms with Gasteiger partial charge in [0.05, 0.1) is 18.6 Å². The second-order valence-electron chi connectivity index (χ2n) is 3.73. The van der Waals surface area contributed by atoms with E-state index in [1.807, 2.05) is 0 Å². The van der Waals surface area contributed by atoms with Crippen molar-refractivity contribution in [1.82, 2.24) is 9.71 Å². The van der Waals surface area contributed by atoms with Crippen LogP contribution in [-0.4, -0.2) is 45.8 Å². The van der Waals surface area contributed by atoms with Gasteiger partial charge in [-0.05, 0) is 20.4 Å². The number of hydrogen-bond donors (Lipinski definition) is 2. The Balaban J connectivity index is 2.49. The van der Waals surface area contributed by atoms with Gasteiger partial charge in [-0.25, -0.2) is 22.9 Å². The van der Waals surface area contributed by atoms with E-state index < -0.39 is 16.0 Å². The van der Waals surface area contributed by atoms with Crippen molar-refractivity contribution >= 4 is 32.5 Å². The summed E-state index contributed by atoms with van der Waals surface area (Å²) in [5, 5.41) is 3.57. The van der Waals surface area contributed by atoms with Crippen LogP contribution in [0.2, 0.25) is 0 Å². The highest BCUT2D eigenvalue weighted by molar-refractivity contribution is 7.89. The summed E-state index contributed by atoms with van der Waals surface area (Å²) in [5.41, 5.74) is 0.599. The van der Waals surface area contributed by atoms with Crippen LogP contribution in [0, 0.1) is 6.92 Å². The van der Waals surface area contributed by atoms with E-state index in [1.54, 1.807) is 6.92 Å². The lowest BCUT2D eigenvalue weighted by atomic mass is 10.4. The van der Waals surface area contributed by atoms with Crippen LogP contribution in [0.5, 0.6) is 0 Å². The number of methoxy groups -OCH3 is 1. The Hall–Kier alpha value is -1.19. The molecule has 0 aliphatic heterocycles. The first kappa shape index (κ1) is 15.9. The van der Waals surface area contributed by atoms with E-state index in [0.29, 0.717) is 28.7 Å². The highest BCUT2D eigenvalue weighted by atomic mass is 32.2. The van der Waals surface area contributed by atoms with E-state index in [4.69, 9.17) is 0 Å². The Kier molecular flexibility index (Phi) is 5.70. The first-order chi connectivity index (χ1) is 8.89. The maximum atomic E-state index is 11.4. The summed E-state index contributed by atoms with van der Waals surface area (Å²) in [6.45, 7) is 2.19. The molecule has 0 spiro atoms. The topological polar surface area (TPSA) is 97.4 Å². The molecule has 0 aliphatic carbocycles. The smallest absolute Gasteiger partial charge is 0.350 e. The molecule has 0 radical (unpaired) electrons. The Morgan fingerprint density at radius 2 is 2.16 bits per heavy atom. The number of rotatable bonds is 7. The number of aryl methyl sites for hydroxylation is 1. The van der Waals surface area contributed by atoms with Crippen molar-refractivity contribution in [2.75, 3.05) is 31.8 Å². The molecule has 1 rings (SSSR count). The molecule has 1 heterocycles. The van der Waals surface area contributed by atoms with E-state index in [2.05, 4.69) is 19.8 Å². The normalized spacial score (nSPS) is 11.3. The number of esters is 1. The van der Waals surface area contributed by atoms with E-state index in [1.165, 1.54) is 25.5 Å². The van der Waals surface area contributed by atoms with Gasteiger partial charge in [-0.1, -0.05) is 11.3 Å². The number of carbonyl (C=O) groups is 1. The second-order valence-corrected chi connectivity index (χ2v) is 6.77. The van der Waals surface area contributed by atoms with Crippen molar-refractivity contribution in [3.63, 3.8) is 0 Å². The molecule has 1 aromatic rings. The number of ether oxygens (including phenoxy) is 1. The van der Waals surface area contributed by atoms with Crippen molar-refractivity contribution in [2.45, 2.75) is 13.3 Å². The fraction of sp³-hybridized carbons (Fsp3) is 0.600. The van der Waals surface area contributed by atoms with Gasteiger partial charge in [-0.15, -0.1) is 0 Å². The molecule has 2 N–H and O–H groups in total. The average molecular weight is 307 g/mol. The van der Waals surface area contributed by atoms with Crippen LogP contribution in [0.25, 0.3) is 0 Å². The molecule has 0 aromatic carbocycles. The molecule has 9 heteroatoms. The summed E-state index contributed by atoms with van der Waals surface area (Å²) in [7, 11) is -0.474. The quantitative estimate of drug-likeness (QED) is 0.565. The monoisotopic (exact) mass is 307 g/mol. The Bertz CT molecular complexity index is 539. The third kappa shape index (κ3) is 4.77. The lowest BCUT2D eigenvalue weighted by Gasteiger charge is -2.03. The fourth-order valence-electron chi connectivity index (χ4n) is 1.31. The van der Waals surface area contributed by atoms with Crippen molar-refractivity contribution in [3.8, 4) is 0 Å². The van der Waals surface area contributed by atoms with Crippen molar-refractivity contribution in [1.29, 1.82) is 0 Å². The summed E-state index contributed by atoms with van der Waals surface area (Å²) in [4.78, 5) is 16.0. The largest absolute Gasteiger partial charge is 0.465 e. The number of carbonyl (C=O) groups excluding carboxylic acids is 1. The number of aromatic nitrogens is 1. The molecule has 19 heavy (non-hydrogen) atoms. The maximum absolute atomic E-state index is 11.4. The van der Waals surface area contributed by atoms with Gasteiger partial charge in [0.1, 0.15) is 4.88 Å². The molecule has 0 aliphatic rings. The molecule has 0 atom stereocenters. The Morgan fingerprint density at radius 3 is 2.74 bits per heavy atom. The van der Waals surface area contributed by atoms with Gasteiger partial charge in [0.25, 0.3) is 0 Å². The van der Waals surface area contributed by atoms with Gasteiger partial charge < -0.3 is 10.1 Å². The molecule has 0 fully saturated rings. The minimum Gasteiger partial charge on any atom is -0.465 e. The predicted molar refractivity (Wildman–Crippen MR) is 74.1 cm³/mol. The van der Waals surface area contributed by atoms with Crippen LogP contribution in [-0.2, 0) is 14.8 Å². The fourth-order valence-corrected chi connectivity index (χ4v) is 2.95. The summed E-state index contributed by atoms with van der Waals surface area (Å²) >= 11 is 1.19.